The number of aryl methyl sites for hydroxylation is 3. The quantitative estimate of drug-likeness (QED) is 0.560. The summed E-state index contributed by atoms with van der Waals surface area (Å²) in [7, 11) is 0. The van der Waals surface area contributed by atoms with Crippen LogP contribution in [0.5, 0.6) is 0 Å². The molecule has 26 heavy (non-hydrogen) atoms. The molecule has 5 nitrogen and oxygen atoms in total. The Morgan fingerprint density at radius 1 is 1.15 bits per heavy atom. The Kier molecular flexibility index (Phi) is 3.17. The van der Waals surface area contributed by atoms with Crippen LogP contribution in [0.15, 0.2) is 28.9 Å². The summed E-state index contributed by atoms with van der Waals surface area (Å²) in [5.74, 6) is 2.54. The SMILES string of the molecule is Cc1ccn(-c2cc(-c3c(C)noc3C)cc3[nH]c(C4CC4)nc23)c1C. The van der Waals surface area contributed by atoms with Crippen LogP contribution >= 0.6 is 0 Å². The second kappa shape index (κ2) is 5.34. The van der Waals surface area contributed by atoms with Gasteiger partial charge in [0, 0.05) is 23.4 Å². The highest BCUT2D eigenvalue weighted by atomic mass is 16.5. The van der Waals surface area contributed by atoms with Crippen molar-refractivity contribution in [2.45, 2.75) is 46.5 Å². The van der Waals surface area contributed by atoms with Gasteiger partial charge in [-0.15, -0.1) is 0 Å². The van der Waals surface area contributed by atoms with Crippen LogP contribution in [-0.2, 0) is 0 Å². The van der Waals surface area contributed by atoms with Crippen molar-refractivity contribution < 1.29 is 4.52 Å². The number of nitrogens with one attached hydrogen (secondary N) is 1. The molecule has 3 aromatic heterocycles. The normalized spacial score (nSPS) is 14.5. The number of nitrogens with zero attached hydrogens (tertiary/aromatic N) is 3. The molecule has 0 aliphatic heterocycles. The number of hydrogen-bond acceptors (Lipinski definition) is 3. The maximum absolute atomic E-state index is 5.41. The third-order valence-electron chi connectivity index (χ3n) is 5.54. The highest BCUT2D eigenvalue weighted by Crippen LogP contribution is 2.41. The molecule has 3 heterocycles. The molecule has 1 fully saturated rings. The fraction of sp³-hybridized carbons (Fsp3) is 0.333. The van der Waals surface area contributed by atoms with E-state index in [9.17, 15) is 0 Å². The van der Waals surface area contributed by atoms with Gasteiger partial charge in [0.2, 0.25) is 0 Å². The monoisotopic (exact) mass is 346 g/mol. The van der Waals surface area contributed by atoms with Crippen LogP contribution in [0.4, 0.5) is 0 Å². The summed E-state index contributed by atoms with van der Waals surface area (Å²) in [6.07, 6.45) is 4.59. The summed E-state index contributed by atoms with van der Waals surface area (Å²) < 4.78 is 7.64. The van der Waals surface area contributed by atoms with Crippen molar-refractivity contribution in [3.63, 3.8) is 0 Å². The molecule has 0 unspecified atom stereocenters. The molecule has 4 aromatic rings. The van der Waals surface area contributed by atoms with Crippen molar-refractivity contribution >= 4 is 11.0 Å². The maximum Gasteiger partial charge on any atom is 0.141 e. The lowest BCUT2D eigenvalue weighted by Gasteiger charge is -2.11. The minimum absolute atomic E-state index is 0.588. The van der Waals surface area contributed by atoms with Gasteiger partial charge < -0.3 is 14.1 Å². The Hall–Kier alpha value is -2.82. The predicted octanol–water partition coefficient (Wildman–Crippen LogP) is 5.12. The molecule has 0 bridgehead atoms. The van der Waals surface area contributed by atoms with Crippen LogP contribution in [0.1, 0.15) is 47.3 Å². The molecule has 132 valence electrons. The van der Waals surface area contributed by atoms with Gasteiger partial charge in [-0.05, 0) is 69.9 Å². The number of aromatic nitrogens is 4. The maximum atomic E-state index is 5.41. The van der Waals surface area contributed by atoms with Gasteiger partial charge in [-0.25, -0.2) is 4.98 Å². The fourth-order valence-corrected chi connectivity index (χ4v) is 3.76. The first kappa shape index (κ1) is 15.4. The van der Waals surface area contributed by atoms with E-state index < -0.39 is 0 Å². The molecule has 5 heteroatoms. The predicted molar refractivity (Wildman–Crippen MR) is 102 cm³/mol. The number of rotatable bonds is 3. The number of aromatic amines is 1. The van der Waals surface area contributed by atoms with E-state index in [2.05, 4.69) is 53.0 Å². The van der Waals surface area contributed by atoms with Gasteiger partial charge in [-0.2, -0.15) is 0 Å². The van der Waals surface area contributed by atoms with E-state index in [4.69, 9.17) is 9.51 Å². The topological polar surface area (TPSA) is 59.6 Å². The van der Waals surface area contributed by atoms with Crippen LogP contribution in [0.25, 0.3) is 27.8 Å². The van der Waals surface area contributed by atoms with Crippen molar-refractivity contribution in [1.29, 1.82) is 0 Å². The van der Waals surface area contributed by atoms with Crippen molar-refractivity contribution in [2.24, 2.45) is 0 Å². The molecule has 1 aliphatic carbocycles. The van der Waals surface area contributed by atoms with Crippen molar-refractivity contribution in [2.75, 3.05) is 0 Å². The minimum Gasteiger partial charge on any atom is -0.361 e. The van der Waals surface area contributed by atoms with E-state index >= 15 is 0 Å². The van der Waals surface area contributed by atoms with Gasteiger partial charge in [-0.1, -0.05) is 5.16 Å². The van der Waals surface area contributed by atoms with Gasteiger partial charge in [0.1, 0.15) is 17.1 Å². The first-order valence-corrected chi connectivity index (χ1v) is 9.14. The molecule has 0 atom stereocenters. The lowest BCUT2D eigenvalue weighted by Crippen LogP contribution is -1.98. The number of imidazole rings is 1. The van der Waals surface area contributed by atoms with Crippen molar-refractivity contribution in [1.82, 2.24) is 19.7 Å². The third-order valence-corrected chi connectivity index (χ3v) is 5.54. The lowest BCUT2D eigenvalue weighted by molar-refractivity contribution is 0.393. The molecule has 1 N–H and O–H groups in total. The third kappa shape index (κ3) is 2.23. The molecule has 0 spiro atoms. The average molecular weight is 346 g/mol. The highest BCUT2D eigenvalue weighted by Gasteiger charge is 2.28. The first-order valence-electron chi connectivity index (χ1n) is 9.14. The Balaban J connectivity index is 1.82. The second-order valence-electron chi connectivity index (χ2n) is 7.44. The first-order chi connectivity index (χ1) is 12.5. The van der Waals surface area contributed by atoms with Gasteiger partial charge in [0.05, 0.1) is 16.9 Å². The fourth-order valence-electron chi connectivity index (χ4n) is 3.76. The molecule has 1 aromatic carbocycles. The van der Waals surface area contributed by atoms with E-state index in [1.54, 1.807) is 0 Å². The van der Waals surface area contributed by atoms with Crippen LogP contribution in [0, 0.1) is 27.7 Å². The molecule has 1 saturated carbocycles. The summed E-state index contributed by atoms with van der Waals surface area (Å²) in [6, 6.07) is 6.53. The van der Waals surface area contributed by atoms with Gasteiger partial charge in [0.15, 0.2) is 0 Å². The number of hydrogen-bond donors (Lipinski definition) is 1. The average Bonchev–Trinajstić information content (AvgIpc) is 3.18. The van der Waals surface area contributed by atoms with Crippen molar-refractivity contribution in [3.8, 4) is 16.8 Å². The molecule has 0 amide bonds. The number of H-pyrrole nitrogens is 1. The molecular weight excluding hydrogens is 324 g/mol. The Labute approximate surface area is 152 Å². The minimum atomic E-state index is 0.588. The number of fused-ring (bicyclic) bond motifs is 1. The molecular formula is C21H22N4O. The summed E-state index contributed by atoms with van der Waals surface area (Å²) in [4.78, 5) is 8.51. The van der Waals surface area contributed by atoms with Gasteiger partial charge in [-0.3, -0.25) is 0 Å². The number of benzene rings is 1. The molecule has 0 saturated heterocycles. The Morgan fingerprint density at radius 3 is 2.58 bits per heavy atom. The summed E-state index contributed by atoms with van der Waals surface area (Å²) in [5, 5.41) is 4.13. The Bertz CT molecular complexity index is 1120. The highest BCUT2D eigenvalue weighted by molar-refractivity contribution is 5.90. The zero-order valence-corrected chi connectivity index (χ0v) is 15.6. The van der Waals surface area contributed by atoms with Gasteiger partial charge in [0.25, 0.3) is 0 Å². The summed E-state index contributed by atoms with van der Waals surface area (Å²) in [6.45, 7) is 8.25. The zero-order chi connectivity index (χ0) is 18.0. The smallest absolute Gasteiger partial charge is 0.141 e. The van der Waals surface area contributed by atoms with Crippen LogP contribution in [-0.4, -0.2) is 19.7 Å². The summed E-state index contributed by atoms with van der Waals surface area (Å²) in [5.41, 5.74) is 8.81. The molecule has 1 aliphatic rings. The Morgan fingerprint density at radius 2 is 1.96 bits per heavy atom. The van der Waals surface area contributed by atoms with Crippen LogP contribution in [0.3, 0.4) is 0 Å². The van der Waals surface area contributed by atoms with Crippen LogP contribution < -0.4 is 0 Å². The second-order valence-corrected chi connectivity index (χ2v) is 7.44. The van der Waals surface area contributed by atoms with Gasteiger partial charge >= 0.3 is 0 Å². The standard InChI is InChI=1S/C21H22N4O/c1-11-7-8-25(13(11)3)18-10-16(19-12(2)24-26-14(19)4)9-17-20(18)23-21(22-17)15-5-6-15/h7-10,15H,5-6H2,1-4H3,(H,22,23). The lowest BCUT2D eigenvalue weighted by atomic mass is 10.0. The van der Waals surface area contributed by atoms with E-state index in [0.29, 0.717) is 5.92 Å². The molecule has 0 radical (unpaired) electrons. The zero-order valence-electron chi connectivity index (χ0n) is 15.6. The van der Waals surface area contributed by atoms with E-state index in [0.717, 1.165) is 45.1 Å². The molecule has 5 rings (SSSR count). The van der Waals surface area contributed by atoms with E-state index in [1.807, 2.05) is 13.8 Å². The largest absolute Gasteiger partial charge is 0.361 e. The van der Waals surface area contributed by atoms with Crippen molar-refractivity contribution in [3.05, 3.63) is 52.9 Å². The summed E-state index contributed by atoms with van der Waals surface area (Å²) >= 11 is 0. The van der Waals surface area contributed by atoms with E-state index in [-0.39, 0.29) is 0 Å². The van der Waals surface area contributed by atoms with Crippen LogP contribution in [0.2, 0.25) is 0 Å². The van der Waals surface area contributed by atoms with E-state index in [1.165, 1.54) is 24.1 Å².